The lowest BCUT2D eigenvalue weighted by atomic mass is 10.1. The van der Waals surface area contributed by atoms with E-state index < -0.39 is 11.8 Å². The number of amides is 2. The fourth-order valence-corrected chi connectivity index (χ4v) is 3.95. The lowest BCUT2D eigenvalue weighted by Gasteiger charge is -2.06. The molecule has 0 aliphatic heterocycles. The van der Waals surface area contributed by atoms with E-state index in [0.29, 0.717) is 15.6 Å². The molecule has 2 heterocycles. The van der Waals surface area contributed by atoms with Crippen LogP contribution in [-0.2, 0) is 12.8 Å². The summed E-state index contributed by atoms with van der Waals surface area (Å²) in [5.41, 5.74) is 7.12. The number of halogens is 1. The molecule has 0 bridgehead atoms. The zero-order valence-corrected chi connectivity index (χ0v) is 12.6. The van der Waals surface area contributed by atoms with Gasteiger partial charge in [0.15, 0.2) is 0 Å². The zero-order valence-electron chi connectivity index (χ0n) is 11.0. The molecule has 0 atom stereocenters. The summed E-state index contributed by atoms with van der Waals surface area (Å²) in [6.45, 7) is 0. The summed E-state index contributed by atoms with van der Waals surface area (Å²) in [7, 11) is 0. The minimum Gasteiger partial charge on any atom is -0.365 e. The van der Waals surface area contributed by atoms with Gasteiger partial charge >= 0.3 is 0 Å². The Morgan fingerprint density at radius 2 is 2.19 bits per heavy atom. The van der Waals surface area contributed by atoms with Gasteiger partial charge in [-0.05, 0) is 30.9 Å². The van der Waals surface area contributed by atoms with Crippen molar-refractivity contribution in [1.82, 2.24) is 4.98 Å². The van der Waals surface area contributed by atoms with Crippen molar-refractivity contribution in [2.45, 2.75) is 19.3 Å². The van der Waals surface area contributed by atoms with Crippen molar-refractivity contribution >= 4 is 39.8 Å². The van der Waals surface area contributed by atoms with Gasteiger partial charge in [0.1, 0.15) is 5.00 Å². The average Bonchev–Trinajstić information content (AvgIpc) is 2.98. The highest BCUT2D eigenvalue weighted by atomic mass is 35.5. The van der Waals surface area contributed by atoms with Gasteiger partial charge in [-0.15, -0.1) is 11.3 Å². The molecule has 0 unspecified atom stereocenters. The van der Waals surface area contributed by atoms with Crippen LogP contribution in [0.25, 0.3) is 0 Å². The molecule has 0 aromatic carbocycles. The maximum absolute atomic E-state index is 12.3. The summed E-state index contributed by atoms with van der Waals surface area (Å²) < 4.78 is 0. The number of carbonyl (C=O) groups is 2. The van der Waals surface area contributed by atoms with Gasteiger partial charge in [-0.25, -0.2) is 0 Å². The van der Waals surface area contributed by atoms with E-state index in [0.717, 1.165) is 29.7 Å². The SMILES string of the molecule is NC(=O)c1c(NC(=O)c2cnccc2Cl)sc2c1CCC2. The number of hydrogen-bond donors (Lipinski definition) is 2. The monoisotopic (exact) mass is 321 g/mol. The van der Waals surface area contributed by atoms with E-state index in [9.17, 15) is 9.59 Å². The number of thiophene rings is 1. The minimum atomic E-state index is -0.512. The van der Waals surface area contributed by atoms with Crippen molar-refractivity contribution in [1.29, 1.82) is 0 Å². The van der Waals surface area contributed by atoms with Crippen molar-refractivity contribution in [3.05, 3.63) is 45.1 Å². The number of anilines is 1. The number of carbonyl (C=O) groups excluding carboxylic acids is 2. The first kappa shape index (κ1) is 14.0. The number of nitrogens with zero attached hydrogens (tertiary/aromatic N) is 1. The first-order valence-electron chi connectivity index (χ1n) is 6.43. The molecular weight excluding hydrogens is 310 g/mol. The van der Waals surface area contributed by atoms with Gasteiger partial charge in [0.25, 0.3) is 11.8 Å². The fraction of sp³-hybridized carbons (Fsp3) is 0.214. The van der Waals surface area contributed by atoms with E-state index in [-0.39, 0.29) is 5.56 Å². The molecule has 0 fully saturated rings. The van der Waals surface area contributed by atoms with Crippen LogP contribution < -0.4 is 11.1 Å². The van der Waals surface area contributed by atoms with Gasteiger partial charge in [0.2, 0.25) is 0 Å². The molecule has 3 N–H and O–H groups in total. The number of primary amides is 1. The molecule has 3 rings (SSSR count). The molecule has 1 aliphatic rings. The Labute approximate surface area is 130 Å². The van der Waals surface area contributed by atoms with Crippen molar-refractivity contribution in [3.8, 4) is 0 Å². The number of fused-ring (bicyclic) bond motifs is 1. The van der Waals surface area contributed by atoms with Crippen molar-refractivity contribution in [3.63, 3.8) is 0 Å². The van der Waals surface area contributed by atoms with Crippen LogP contribution in [0, 0.1) is 0 Å². The van der Waals surface area contributed by atoms with Gasteiger partial charge in [-0.1, -0.05) is 11.6 Å². The second kappa shape index (κ2) is 5.46. The van der Waals surface area contributed by atoms with E-state index >= 15 is 0 Å². The van der Waals surface area contributed by atoms with Crippen LogP contribution in [-0.4, -0.2) is 16.8 Å². The number of nitrogens with one attached hydrogen (secondary N) is 1. The fourth-order valence-electron chi connectivity index (χ4n) is 2.47. The summed E-state index contributed by atoms with van der Waals surface area (Å²) in [6.07, 6.45) is 5.66. The largest absolute Gasteiger partial charge is 0.365 e. The summed E-state index contributed by atoms with van der Waals surface area (Å²) >= 11 is 7.38. The lowest BCUT2D eigenvalue weighted by molar-refractivity contribution is 0.100. The summed E-state index contributed by atoms with van der Waals surface area (Å²) in [6, 6.07) is 1.54. The molecular formula is C14H12ClN3O2S. The summed E-state index contributed by atoms with van der Waals surface area (Å²) in [5.74, 6) is -0.905. The van der Waals surface area contributed by atoms with Crippen molar-refractivity contribution in [2.75, 3.05) is 5.32 Å². The first-order valence-corrected chi connectivity index (χ1v) is 7.62. The highest BCUT2D eigenvalue weighted by Gasteiger charge is 2.26. The van der Waals surface area contributed by atoms with Crippen LogP contribution in [0.5, 0.6) is 0 Å². The van der Waals surface area contributed by atoms with Crippen LogP contribution in [0.3, 0.4) is 0 Å². The predicted octanol–water partition coefficient (Wildman–Crippen LogP) is 2.64. The minimum absolute atomic E-state index is 0.267. The van der Waals surface area contributed by atoms with Gasteiger partial charge in [-0.2, -0.15) is 0 Å². The number of nitrogens with two attached hydrogens (primary N) is 1. The van der Waals surface area contributed by atoms with Crippen LogP contribution in [0.1, 0.15) is 37.6 Å². The summed E-state index contributed by atoms with van der Waals surface area (Å²) in [5, 5.41) is 3.54. The molecule has 5 nitrogen and oxygen atoms in total. The molecule has 2 aromatic heterocycles. The Kier molecular flexibility index (Phi) is 3.65. The highest BCUT2D eigenvalue weighted by Crippen LogP contribution is 2.39. The smallest absolute Gasteiger partial charge is 0.259 e. The molecule has 2 amide bonds. The van der Waals surface area contributed by atoms with E-state index in [2.05, 4.69) is 10.3 Å². The Morgan fingerprint density at radius 1 is 1.38 bits per heavy atom. The normalized spacial score (nSPS) is 13.0. The number of pyridine rings is 1. The van der Waals surface area contributed by atoms with Gasteiger partial charge in [0, 0.05) is 17.3 Å². The van der Waals surface area contributed by atoms with Crippen molar-refractivity contribution in [2.24, 2.45) is 5.73 Å². The molecule has 1 aliphatic carbocycles. The van der Waals surface area contributed by atoms with Crippen LogP contribution in [0.4, 0.5) is 5.00 Å². The molecule has 0 saturated heterocycles. The van der Waals surface area contributed by atoms with Gasteiger partial charge < -0.3 is 11.1 Å². The third-order valence-electron chi connectivity index (χ3n) is 3.41. The standard InChI is InChI=1S/C14H12ClN3O2S/c15-9-4-5-17-6-8(9)13(20)18-14-11(12(16)19)7-2-1-3-10(7)21-14/h4-6H,1-3H2,(H2,16,19)(H,18,20). The van der Waals surface area contributed by atoms with Crippen LogP contribution in [0.15, 0.2) is 18.5 Å². The third kappa shape index (κ3) is 2.52. The van der Waals surface area contributed by atoms with E-state index in [1.54, 1.807) is 6.07 Å². The van der Waals surface area contributed by atoms with Crippen LogP contribution >= 0.6 is 22.9 Å². The first-order chi connectivity index (χ1) is 10.1. The van der Waals surface area contributed by atoms with Crippen LogP contribution in [0.2, 0.25) is 5.02 Å². The molecule has 21 heavy (non-hydrogen) atoms. The van der Waals surface area contributed by atoms with Crippen molar-refractivity contribution < 1.29 is 9.59 Å². The molecule has 7 heteroatoms. The number of aromatic nitrogens is 1. The zero-order chi connectivity index (χ0) is 15.0. The number of aryl methyl sites for hydroxylation is 1. The Morgan fingerprint density at radius 3 is 2.90 bits per heavy atom. The predicted molar refractivity (Wildman–Crippen MR) is 82.1 cm³/mol. The van der Waals surface area contributed by atoms with Gasteiger partial charge in [-0.3, -0.25) is 14.6 Å². The Bertz CT molecular complexity index is 742. The highest BCUT2D eigenvalue weighted by molar-refractivity contribution is 7.17. The average molecular weight is 322 g/mol. The second-order valence-corrected chi connectivity index (χ2v) is 6.25. The molecule has 0 spiro atoms. The third-order valence-corrected chi connectivity index (χ3v) is 4.94. The lowest BCUT2D eigenvalue weighted by Crippen LogP contribution is -2.18. The molecule has 0 radical (unpaired) electrons. The second-order valence-electron chi connectivity index (χ2n) is 4.74. The number of hydrogen-bond acceptors (Lipinski definition) is 4. The maximum Gasteiger partial charge on any atom is 0.259 e. The quantitative estimate of drug-likeness (QED) is 0.911. The van der Waals surface area contributed by atoms with E-state index in [4.69, 9.17) is 17.3 Å². The maximum atomic E-state index is 12.3. The molecule has 0 saturated carbocycles. The Balaban J connectivity index is 1.94. The van der Waals surface area contributed by atoms with E-state index in [1.807, 2.05) is 0 Å². The number of rotatable bonds is 3. The topological polar surface area (TPSA) is 85.1 Å². The Hall–Kier alpha value is -1.92. The van der Waals surface area contributed by atoms with E-state index in [1.165, 1.54) is 23.7 Å². The molecule has 2 aromatic rings. The molecule has 108 valence electrons. The summed E-state index contributed by atoms with van der Waals surface area (Å²) in [4.78, 5) is 28.9. The van der Waals surface area contributed by atoms with Gasteiger partial charge in [0.05, 0.1) is 16.1 Å².